The second kappa shape index (κ2) is 6.45. The molecule has 2 aromatic carbocycles. The molecule has 0 atom stereocenters. The van der Waals surface area contributed by atoms with Crippen LogP contribution in [0.25, 0.3) is 10.9 Å². The van der Waals surface area contributed by atoms with Crippen LogP contribution < -0.4 is 10.2 Å². The molecule has 1 aliphatic heterocycles. The Labute approximate surface area is 151 Å². The van der Waals surface area contributed by atoms with E-state index in [2.05, 4.69) is 27.3 Å². The fourth-order valence-corrected chi connectivity index (χ4v) is 3.62. The van der Waals surface area contributed by atoms with Crippen LogP contribution in [-0.2, 0) is 0 Å². The van der Waals surface area contributed by atoms with Crippen molar-refractivity contribution < 1.29 is 4.79 Å². The molecule has 0 aliphatic carbocycles. The molecule has 25 heavy (non-hydrogen) atoms. The van der Waals surface area contributed by atoms with Gasteiger partial charge in [0.1, 0.15) is 5.69 Å². The molecule has 4 rings (SSSR count). The summed E-state index contributed by atoms with van der Waals surface area (Å²) in [5.74, 6) is -0.140. The molecule has 1 aromatic heterocycles. The number of anilines is 2. The molecule has 0 radical (unpaired) electrons. The third-order valence-electron chi connectivity index (χ3n) is 4.84. The summed E-state index contributed by atoms with van der Waals surface area (Å²) in [5.41, 5.74) is 4.40. The number of H-pyrrole nitrogens is 1. The number of halogens is 1. The van der Waals surface area contributed by atoms with Gasteiger partial charge in [-0.15, -0.1) is 0 Å². The molecule has 1 saturated heterocycles. The van der Waals surface area contributed by atoms with Crippen molar-refractivity contribution in [1.82, 2.24) is 4.98 Å². The van der Waals surface area contributed by atoms with Crippen LogP contribution in [0.1, 0.15) is 28.9 Å². The lowest BCUT2D eigenvalue weighted by molar-refractivity contribution is 0.102. The van der Waals surface area contributed by atoms with Gasteiger partial charge in [-0.05, 0) is 67.8 Å². The highest BCUT2D eigenvalue weighted by Crippen LogP contribution is 2.26. The number of aromatic nitrogens is 1. The first-order valence-electron chi connectivity index (χ1n) is 8.56. The number of fused-ring (bicyclic) bond motifs is 1. The van der Waals surface area contributed by atoms with Crippen LogP contribution in [0.4, 0.5) is 11.4 Å². The van der Waals surface area contributed by atoms with Crippen LogP contribution >= 0.6 is 11.6 Å². The van der Waals surface area contributed by atoms with Crippen molar-refractivity contribution in [3.8, 4) is 0 Å². The molecule has 1 aliphatic rings. The van der Waals surface area contributed by atoms with Crippen molar-refractivity contribution in [2.75, 3.05) is 23.3 Å². The highest BCUT2D eigenvalue weighted by atomic mass is 35.5. The molecule has 0 saturated carbocycles. The molecule has 1 amide bonds. The minimum atomic E-state index is -0.140. The van der Waals surface area contributed by atoms with Gasteiger partial charge in [-0.3, -0.25) is 4.79 Å². The molecule has 0 spiro atoms. The highest BCUT2D eigenvalue weighted by molar-refractivity contribution is 6.31. The van der Waals surface area contributed by atoms with E-state index in [1.807, 2.05) is 37.3 Å². The summed E-state index contributed by atoms with van der Waals surface area (Å²) in [4.78, 5) is 18.2. The molecule has 128 valence electrons. The standard InChI is InChI=1S/C20H20ClN3O/c1-13-17-12-14(21)4-9-18(17)23-19(13)20(25)22-15-5-7-16(8-6-15)24-10-2-3-11-24/h4-9,12,23H,2-3,10-11H2,1H3,(H,22,25). The van der Waals surface area contributed by atoms with Gasteiger partial charge in [-0.25, -0.2) is 0 Å². The molecule has 1 fully saturated rings. The first-order chi connectivity index (χ1) is 12.1. The van der Waals surface area contributed by atoms with Gasteiger partial charge >= 0.3 is 0 Å². The van der Waals surface area contributed by atoms with E-state index >= 15 is 0 Å². The lowest BCUT2D eigenvalue weighted by atomic mass is 10.1. The summed E-state index contributed by atoms with van der Waals surface area (Å²) in [7, 11) is 0. The van der Waals surface area contributed by atoms with Gasteiger partial charge in [-0.2, -0.15) is 0 Å². The Morgan fingerprint density at radius 2 is 1.84 bits per heavy atom. The second-order valence-electron chi connectivity index (χ2n) is 6.51. The van der Waals surface area contributed by atoms with Crippen molar-refractivity contribution in [3.05, 3.63) is 58.7 Å². The first-order valence-corrected chi connectivity index (χ1v) is 8.94. The van der Waals surface area contributed by atoms with Crippen LogP contribution in [0, 0.1) is 6.92 Å². The first kappa shape index (κ1) is 16.0. The van der Waals surface area contributed by atoms with Crippen LogP contribution in [0.15, 0.2) is 42.5 Å². The number of aryl methyl sites for hydroxylation is 1. The van der Waals surface area contributed by atoms with Gasteiger partial charge in [0, 0.05) is 40.4 Å². The van der Waals surface area contributed by atoms with Gasteiger partial charge in [0.25, 0.3) is 5.91 Å². The lowest BCUT2D eigenvalue weighted by Gasteiger charge is -2.17. The quantitative estimate of drug-likeness (QED) is 0.697. The lowest BCUT2D eigenvalue weighted by Crippen LogP contribution is -2.17. The number of hydrogen-bond donors (Lipinski definition) is 2. The van der Waals surface area contributed by atoms with E-state index < -0.39 is 0 Å². The molecule has 2 N–H and O–H groups in total. The maximum Gasteiger partial charge on any atom is 0.272 e. The third kappa shape index (κ3) is 3.10. The van der Waals surface area contributed by atoms with Gasteiger partial charge in [0.2, 0.25) is 0 Å². The average Bonchev–Trinajstić information content (AvgIpc) is 3.25. The van der Waals surface area contributed by atoms with Gasteiger partial charge in [-0.1, -0.05) is 11.6 Å². The van der Waals surface area contributed by atoms with Crippen LogP contribution in [-0.4, -0.2) is 24.0 Å². The molecular formula is C20H20ClN3O. The van der Waals surface area contributed by atoms with Gasteiger partial charge in [0.05, 0.1) is 0 Å². The topological polar surface area (TPSA) is 48.1 Å². The number of hydrogen-bond acceptors (Lipinski definition) is 2. The van der Waals surface area contributed by atoms with Gasteiger partial charge in [0.15, 0.2) is 0 Å². The number of rotatable bonds is 3. The Hall–Kier alpha value is -2.46. The summed E-state index contributed by atoms with van der Waals surface area (Å²) in [5, 5.41) is 4.61. The van der Waals surface area contributed by atoms with Crippen LogP contribution in [0.5, 0.6) is 0 Å². The predicted octanol–water partition coefficient (Wildman–Crippen LogP) is 4.98. The van der Waals surface area contributed by atoms with Crippen molar-refractivity contribution in [2.24, 2.45) is 0 Å². The van der Waals surface area contributed by atoms with E-state index in [4.69, 9.17) is 11.6 Å². The Bertz CT molecular complexity index is 924. The van der Waals surface area contributed by atoms with Crippen molar-refractivity contribution in [1.29, 1.82) is 0 Å². The largest absolute Gasteiger partial charge is 0.372 e. The normalized spacial score (nSPS) is 14.2. The fraction of sp³-hybridized carbons (Fsp3) is 0.250. The van der Waals surface area contributed by atoms with Crippen LogP contribution in [0.2, 0.25) is 5.02 Å². The van der Waals surface area contributed by atoms with Crippen LogP contribution in [0.3, 0.4) is 0 Å². The molecule has 5 heteroatoms. The van der Waals surface area contributed by atoms with E-state index in [9.17, 15) is 4.79 Å². The number of nitrogens with zero attached hydrogens (tertiary/aromatic N) is 1. The van der Waals surface area contributed by atoms with Crippen molar-refractivity contribution in [3.63, 3.8) is 0 Å². The molecule has 4 nitrogen and oxygen atoms in total. The average molecular weight is 354 g/mol. The summed E-state index contributed by atoms with van der Waals surface area (Å²) < 4.78 is 0. The van der Waals surface area contributed by atoms with Crippen molar-refractivity contribution in [2.45, 2.75) is 19.8 Å². The number of benzene rings is 2. The van der Waals surface area contributed by atoms with E-state index in [0.29, 0.717) is 10.7 Å². The number of carbonyl (C=O) groups is 1. The molecule has 0 bridgehead atoms. The fourth-order valence-electron chi connectivity index (χ4n) is 3.45. The number of nitrogens with one attached hydrogen (secondary N) is 2. The van der Waals surface area contributed by atoms with Gasteiger partial charge < -0.3 is 15.2 Å². The second-order valence-corrected chi connectivity index (χ2v) is 6.95. The number of amides is 1. The molecule has 0 unspecified atom stereocenters. The highest BCUT2D eigenvalue weighted by Gasteiger charge is 2.16. The van der Waals surface area contributed by atoms with E-state index in [1.54, 1.807) is 0 Å². The SMILES string of the molecule is Cc1c(C(=O)Nc2ccc(N3CCCC3)cc2)[nH]c2ccc(Cl)cc12. The number of aromatic amines is 1. The summed E-state index contributed by atoms with van der Waals surface area (Å²) >= 11 is 6.06. The Balaban J connectivity index is 1.54. The minimum Gasteiger partial charge on any atom is -0.372 e. The summed E-state index contributed by atoms with van der Waals surface area (Å²) in [6, 6.07) is 13.6. The molecule has 3 aromatic rings. The summed E-state index contributed by atoms with van der Waals surface area (Å²) in [6.45, 7) is 4.16. The Morgan fingerprint density at radius 3 is 2.56 bits per heavy atom. The molecular weight excluding hydrogens is 334 g/mol. The van der Waals surface area contributed by atoms with Crippen molar-refractivity contribution >= 4 is 39.8 Å². The zero-order valence-corrected chi connectivity index (χ0v) is 14.9. The zero-order valence-electron chi connectivity index (χ0n) is 14.1. The zero-order chi connectivity index (χ0) is 17.4. The maximum atomic E-state index is 12.6. The monoisotopic (exact) mass is 353 g/mol. The summed E-state index contributed by atoms with van der Waals surface area (Å²) in [6.07, 6.45) is 2.50. The Kier molecular flexibility index (Phi) is 4.14. The minimum absolute atomic E-state index is 0.140. The molecule has 2 heterocycles. The van der Waals surface area contributed by atoms with E-state index in [0.717, 1.165) is 35.2 Å². The Morgan fingerprint density at radius 1 is 1.12 bits per heavy atom. The maximum absolute atomic E-state index is 12.6. The third-order valence-corrected chi connectivity index (χ3v) is 5.08. The predicted molar refractivity (Wildman–Crippen MR) is 104 cm³/mol. The number of carbonyl (C=O) groups excluding carboxylic acids is 1. The smallest absolute Gasteiger partial charge is 0.272 e. The van der Waals surface area contributed by atoms with E-state index in [-0.39, 0.29) is 5.91 Å². The van der Waals surface area contributed by atoms with E-state index in [1.165, 1.54) is 18.5 Å².